The number of aliphatic hydroxyl groups is 1. The molecule has 10 heteroatoms. The van der Waals surface area contributed by atoms with Crippen LogP contribution in [0.2, 0.25) is 0 Å². The first-order chi connectivity index (χ1) is 59.0. The molecule has 23 rings (SSSR count). The zero-order valence-corrected chi connectivity index (χ0v) is 72.6. The van der Waals surface area contributed by atoms with Gasteiger partial charge in [0.1, 0.15) is 5.60 Å². The van der Waals surface area contributed by atoms with Crippen LogP contribution in [0, 0.1) is 6.92 Å². The van der Waals surface area contributed by atoms with Gasteiger partial charge in [0.15, 0.2) is 23.3 Å². The maximum absolute atomic E-state index is 12.5. The number of ketones is 1. The van der Waals surface area contributed by atoms with Gasteiger partial charge in [0, 0.05) is 69.1 Å². The third kappa shape index (κ3) is 14.5. The molecule has 18 aromatic carbocycles. The summed E-state index contributed by atoms with van der Waals surface area (Å²) in [5, 5.41) is 20.0. The van der Waals surface area contributed by atoms with Crippen LogP contribution >= 0.6 is 60.2 Å². The molecule has 1 N–H and O–H groups in total. The molecule has 122 heavy (non-hydrogen) atoms. The van der Waals surface area contributed by atoms with E-state index in [1.54, 1.807) is 0 Å². The van der Waals surface area contributed by atoms with Gasteiger partial charge in [-0.05, 0) is 146 Å². The number of nitrogens with zero attached hydrogens (tertiary/aromatic N) is 3. The quantitative estimate of drug-likeness (QED) is 0.121. The predicted octanol–water partition coefficient (Wildman–Crippen LogP) is 27.5. The van der Waals surface area contributed by atoms with Crippen molar-refractivity contribution in [3.63, 3.8) is 0 Å². The minimum Gasteiger partial charge on any atom is -0.376 e. The summed E-state index contributed by atoms with van der Waals surface area (Å²) < 4.78 is 3.12. The molecule has 2 unspecified atom stereocenters. The number of aromatic nitrogens is 3. The van der Waals surface area contributed by atoms with E-state index in [0.717, 1.165) is 109 Å². The summed E-state index contributed by atoms with van der Waals surface area (Å²) in [6, 6.07) is 141. The van der Waals surface area contributed by atoms with E-state index in [1.807, 2.05) is 121 Å². The number of hydrogen-bond acceptors (Lipinski definition) is 5. The molecule has 0 amide bonds. The first kappa shape index (κ1) is 82.0. The molecule has 2 atom stereocenters. The summed E-state index contributed by atoms with van der Waals surface area (Å²) in [4.78, 5) is 27.7. The third-order valence-corrected chi connectivity index (χ3v) is 25.5. The minimum absolute atomic E-state index is 0. The van der Waals surface area contributed by atoms with E-state index >= 15 is 0 Å². The Morgan fingerprint density at radius 3 is 1.26 bits per heavy atom. The summed E-state index contributed by atoms with van der Waals surface area (Å²) in [5.41, 5.74) is 26.8. The van der Waals surface area contributed by atoms with Gasteiger partial charge >= 0.3 is 18.9 Å². The number of rotatable bonds is 8. The van der Waals surface area contributed by atoms with E-state index in [1.165, 1.54) is 94.4 Å². The molecule has 0 radical (unpaired) electrons. The number of fused-ring (bicyclic) bond motifs is 20. The van der Waals surface area contributed by atoms with Gasteiger partial charge in [-0.15, -0.1) is 12.4 Å². The summed E-state index contributed by atoms with van der Waals surface area (Å²) in [6.07, 6.45) is 2.28. The summed E-state index contributed by atoms with van der Waals surface area (Å²) in [5.74, 6) is 2.08. The van der Waals surface area contributed by atoms with E-state index in [0.29, 0.717) is 17.5 Å². The van der Waals surface area contributed by atoms with Crippen molar-refractivity contribution in [2.45, 2.75) is 30.8 Å². The zero-order valence-electron chi connectivity index (χ0n) is 67.0. The number of carbonyl (C=O) groups excluding carboxylic acids is 1. The second-order valence-electron chi connectivity index (χ2n) is 30.3. The van der Waals surface area contributed by atoms with E-state index < -0.39 is 11.0 Å². The van der Waals surface area contributed by atoms with E-state index in [4.69, 9.17) is 15.0 Å². The van der Waals surface area contributed by atoms with Crippen LogP contribution in [-0.4, -0.2) is 25.8 Å². The van der Waals surface area contributed by atoms with E-state index in [9.17, 15) is 9.90 Å². The molecule has 1 aromatic heterocycles. The minimum atomic E-state index is -1.23. The zero-order chi connectivity index (χ0) is 81.4. The largest absolute Gasteiger partial charge is 1.00 e. The van der Waals surface area contributed by atoms with Crippen LogP contribution in [0.1, 0.15) is 74.6 Å². The molecule has 5 nitrogen and oxygen atoms in total. The number of hydrogen-bond donors (Lipinski definition) is 1. The number of carbonyl (C=O) groups is 1. The fraction of sp³-hybridized carbons (Fsp3) is 0.0446. The van der Waals surface area contributed by atoms with Crippen LogP contribution in [-0.2, 0) is 11.0 Å². The number of unbranched alkanes of at least 4 members (excludes halogenated alkanes) is 1. The van der Waals surface area contributed by atoms with Crippen molar-refractivity contribution in [2.24, 2.45) is 0 Å². The van der Waals surface area contributed by atoms with Crippen molar-refractivity contribution in [1.82, 2.24) is 15.0 Å². The first-order valence-electron chi connectivity index (χ1n) is 40.5. The second-order valence-corrected chi connectivity index (χ2v) is 32.8. The van der Waals surface area contributed by atoms with Gasteiger partial charge in [0.05, 0.1) is 5.41 Å². The van der Waals surface area contributed by atoms with Crippen molar-refractivity contribution in [1.29, 1.82) is 0 Å². The summed E-state index contributed by atoms with van der Waals surface area (Å²) in [6.45, 7) is 5.72. The molecule has 0 saturated heterocycles. The van der Waals surface area contributed by atoms with Gasteiger partial charge in [-0.2, -0.15) is 6.42 Å². The SMILES string of the molecule is Brc1ccccc1-c1cccc2ccccc12.Cl.O=C1c2ccccc2-c2c(Br)cccc21.OC1(c2ccccc2-c2cccc3ccccc23)c2ccccc2-c2c(Br)cccc21.[CH2-]CCC.[Li+].c1ccc(-c2cccc(-c3nc(-c4ccccc4)nc(-c4cccc5c4-c4ccccc4C54c5ccccc5-c5c4ccc4ccccc54)n3)c2)cc1. The van der Waals surface area contributed by atoms with Gasteiger partial charge < -0.3 is 12.0 Å². The third-order valence-electron chi connectivity index (χ3n) is 23.5. The van der Waals surface area contributed by atoms with Crippen LogP contribution in [0.15, 0.2) is 420 Å². The van der Waals surface area contributed by atoms with Gasteiger partial charge in [0.2, 0.25) is 0 Å². The Labute approximate surface area is 755 Å². The molecule has 0 bridgehead atoms. The monoisotopic (exact) mass is 1780 g/mol. The first-order valence-corrected chi connectivity index (χ1v) is 42.9. The Balaban J connectivity index is 0.000000128. The van der Waals surface area contributed by atoms with Crippen molar-refractivity contribution < 1.29 is 28.8 Å². The molecule has 1 heterocycles. The molecule has 4 aliphatic carbocycles. The Hall–Kier alpha value is -12.3. The Bertz CT molecular complexity index is 7190. The number of halogens is 4. The number of benzene rings is 18. The maximum atomic E-state index is 12.5. The standard InChI is InChI=1S/C50H31N3.C29H19BrO.C16H11Br.C13H7BrO.C4H9.ClH.Li/c1-3-15-32(16-4-1)35-20-13-21-36(31-35)48-51-47(34-18-5-2-6-19-34)52-49(53-48)40-25-14-28-43-46(40)39-24-10-12-27-42(39)50(43)41-26-11-9-23-38(41)45-37-22-8-7-17-33(37)29-30-44(45)50;30-27-18-8-17-26-28(27)23-13-4-6-16-25(23)29(26,31)24-15-5-3-12-22(24)21-14-7-10-19-9-1-2-11-20(19)21;17-16-11-4-3-9-15(16)14-10-5-7-12-6-1-2-8-13(12)14;14-11-7-3-6-10-12(11)8-4-1-2-5-9(8)13(10)15;1-3-4-2;;/h1-31H;1-18,31H;1-11H;1-7H;1,3-4H2,2H3;1H;/q;;;;-1;;+1. The average molecular weight is 1780 g/mol. The summed E-state index contributed by atoms with van der Waals surface area (Å²) >= 11 is 10.8. The van der Waals surface area contributed by atoms with Crippen molar-refractivity contribution >= 4 is 98.3 Å². The van der Waals surface area contributed by atoms with Crippen LogP contribution in [0.3, 0.4) is 0 Å². The average Bonchev–Trinajstić information content (AvgIpc) is 1.50. The van der Waals surface area contributed by atoms with Crippen LogP contribution < -0.4 is 18.9 Å². The molecule has 1 spiro atoms. The molecule has 4 aliphatic rings. The predicted molar refractivity (Wildman–Crippen MR) is 514 cm³/mol. The van der Waals surface area contributed by atoms with Gasteiger partial charge in [-0.3, -0.25) is 4.79 Å². The van der Waals surface area contributed by atoms with Crippen LogP contribution in [0.4, 0.5) is 0 Å². The Kier molecular flexibility index (Phi) is 23.8. The molecule has 0 saturated carbocycles. The summed E-state index contributed by atoms with van der Waals surface area (Å²) in [7, 11) is 0. The van der Waals surface area contributed by atoms with Crippen molar-refractivity contribution in [3.8, 4) is 112 Å². The fourth-order valence-corrected chi connectivity index (χ4v) is 19.8. The van der Waals surface area contributed by atoms with Gasteiger partial charge in [-0.1, -0.05) is 443 Å². The van der Waals surface area contributed by atoms with Gasteiger partial charge in [-0.25, -0.2) is 15.0 Å². The van der Waals surface area contributed by atoms with Crippen LogP contribution in [0.5, 0.6) is 0 Å². The molecule has 0 fully saturated rings. The smallest absolute Gasteiger partial charge is 0.376 e. The molecular formula is C112H78Br3ClLiN3O2. The second kappa shape index (κ2) is 35.4. The molecule has 582 valence electrons. The van der Waals surface area contributed by atoms with Gasteiger partial charge in [0.25, 0.3) is 0 Å². The Morgan fingerprint density at radius 2 is 0.639 bits per heavy atom. The molecule has 0 aliphatic heterocycles. The van der Waals surface area contributed by atoms with E-state index in [-0.39, 0.29) is 37.1 Å². The maximum Gasteiger partial charge on any atom is 1.00 e. The fourth-order valence-electron chi connectivity index (χ4n) is 18.2. The molecule has 19 aromatic rings. The van der Waals surface area contributed by atoms with Crippen molar-refractivity contribution in [2.75, 3.05) is 0 Å². The van der Waals surface area contributed by atoms with Crippen LogP contribution in [0.25, 0.3) is 144 Å². The van der Waals surface area contributed by atoms with Crippen molar-refractivity contribution in [3.05, 3.63) is 477 Å². The topological polar surface area (TPSA) is 76.0 Å². The van der Waals surface area contributed by atoms with E-state index in [2.05, 4.69) is 347 Å². The normalized spacial score (nSPS) is 14.0. The Morgan fingerprint density at radius 1 is 0.279 bits per heavy atom. The molecular weight excluding hydrogens is 1700 g/mol.